The lowest BCUT2D eigenvalue weighted by atomic mass is 10.1. The summed E-state index contributed by atoms with van der Waals surface area (Å²) in [6.45, 7) is 1.06. The van der Waals surface area contributed by atoms with Gasteiger partial charge in [0.25, 0.3) is 0 Å². The Morgan fingerprint density at radius 3 is 2.27 bits per heavy atom. The number of aliphatic carboxylic acids is 1. The predicted molar refractivity (Wildman–Crippen MR) is 154 cm³/mol. The van der Waals surface area contributed by atoms with E-state index in [4.69, 9.17) is 35.9 Å². The molecule has 0 aliphatic rings. The highest BCUT2D eigenvalue weighted by atomic mass is 35.5. The molecule has 0 unspecified atom stereocenters. The summed E-state index contributed by atoms with van der Waals surface area (Å²) in [7, 11) is 1.95. The van der Waals surface area contributed by atoms with Gasteiger partial charge in [-0.2, -0.15) is 0 Å². The van der Waals surface area contributed by atoms with Crippen LogP contribution in [-0.2, 0) is 38.1 Å². The van der Waals surface area contributed by atoms with Gasteiger partial charge in [-0.1, -0.05) is 60.1 Å². The first-order chi connectivity index (χ1) is 19.4. The molecule has 0 spiro atoms. The highest BCUT2D eigenvalue weighted by Gasteiger charge is 2.13. The van der Waals surface area contributed by atoms with Gasteiger partial charge in [-0.15, -0.1) is 0 Å². The number of halogens is 1. The van der Waals surface area contributed by atoms with Crippen LogP contribution in [0.4, 0.5) is 0 Å². The number of rotatable bonds is 12. The lowest BCUT2D eigenvalue weighted by Crippen LogP contribution is -2.05. The first-order valence-electron chi connectivity index (χ1n) is 12.9. The van der Waals surface area contributed by atoms with Crippen LogP contribution in [0.5, 0.6) is 17.2 Å². The zero-order valence-electron chi connectivity index (χ0n) is 22.0. The van der Waals surface area contributed by atoms with E-state index in [9.17, 15) is 4.79 Å². The van der Waals surface area contributed by atoms with Gasteiger partial charge < -0.3 is 23.9 Å². The van der Waals surface area contributed by atoms with E-state index in [-0.39, 0.29) is 13.0 Å². The normalized spacial score (nSPS) is 10.9. The number of aryl methyl sites for hydroxylation is 2. The third-order valence-electron chi connectivity index (χ3n) is 6.52. The number of hydrogen-bond acceptors (Lipinski definition) is 5. The highest BCUT2D eigenvalue weighted by molar-refractivity contribution is 6.30. The maximum absolute atomic E-state index is 11.2. The Morgan fingerprint density at radius 1 is 0.825 bits per heavy atom. The van der Waals surface area contributed by atoms with Crippen molar-refractivity contribution in [1.82, 2.24) is 9.55 Å². The minimum absolute atomic E-state index is 0.00835. The minimum atomic E-state index is -0.862. The number of carboxylic acids is 1. The van der Waals surface area contributed by atoms with Gasteiger partial charge in [0.2, 0.25) is 0 Å². The smallest absolute Gasteiger partial charge is 0.303 e. The fraction of sp³-hybridized carbons (Fsp3) is 0.188. The summed E-state index contributed by atoms with van der Waals surface area (Å²) in [5, 5.41) is 9.81. The van der Waals surface area contributed by atoms with E-state index >= 15 is 0 Å². The second kappa shape index (κ2) is 12.6. The van der Waals surface area contributed by atoms with E-state index in [1.807, 2.05) is 84.4 Å². The summed E-state index contributed by atoms with van der Waals surface area (Å²) in [6.07, 6.45) is 0.361. The maximum Gasteiger partial charge on any atom is 0.303 e. The summed E-state index contributed by atoms with van der Waals surface area (Å²) in [6, 6.07) is 28.7. The molecule has 5 aromatic rings. The molecule has 0 radical (unpaired) electrons. The molecule has 0 atom stereocenters. The Morgan fingerprint density at radius 2 is 1.50 bits per heavy atom. The molecular weight excluding hydrogens is 528 g/mol. The molecule has 8 heteroatoms. The van der Waals surface area contributed by atoms with Crippen molar-refractivity contribution < 1.29 is 24.1 Å². The van der Waals surface area contributed by atoms with E-state index in [1.54, 1.807) is 18.2 Å². The minimum Gasteiger partial charge on any atom is -0.489 e. The van der Waals surface area contributed by atoms with Gasteiger partial charge in [-0.25, -0.2) is 4.98 Å². The number of fused-ring (bicyclic) bond motifs is 1. The van der Waals surface area contributed by atoms with Crippen LogP contribution in [0.2, 0.25) is 5.02 Å². The summed E-state index contributed by atoms with van der Waals surface area (Å²) in [5.74, 6) is 1.85. The summed E-state index contributed by atoms with van der Waals surface area (Å²) < 4.78 is 20.1. The fourth-order valence-electron chi connectivity index (χ4n) is 4.28. The zero-order chi connectivity index (χ0) is 27.9. The molecule has 5 rings (SSSR count). The molecule has 7 nitrogen and oxygen atoms in total. The lowest BCUT2D eigenvalue weighted by Gasteiger charge is -2.14. The predicted octanol–water partition coefficient (Wildman–Crippen LogP) is 6.98. The quantitative estimate of drug-likeness (QED) is 0.178. The molecule has 4 aromatic carbocycles. The number of benzene rings is 4. The Hall–Kier alpha value is -4.49. The second-order valence-electron chi connectivity index (χ2n) is 9.38. The molecule has 1 aromatic heterocycles. The molecule has 0 amide bonds. The molecule has 204 valence electrons. The Bertz CT molecular complexity index is 1600. The fourth-order valence-corrected chi connectivity index (χ4v) is 4.40. The summed E-state index contributed by atoms with van der Waals surface area (Å²) >= 11 is 5.99. The van der Waals surface area contributed by atoms with E-state index in [1.165, 1.54) is 0 Å². The number of carbonyl (C=O) groups is 1. The van der Waals surface area contributed by atoms with Crippen LogP contribution in [0.15, 0.2) is 91.0 Å². The van der Waals surface area contributed by atoms with Gasteiger partial charge in [0.15, 0.2) is 0 Å². The van der Waals surface area contributed by atoms with E-state index in [2.05, 4.69) is 0 Å². The number of imidazole rings is 1. The number of nitrogens with zero attached hydrogens (tertiary/aromatic N) is 2. The van der Waals surface area contributed by atoms with Gasteiger partial charge in [-0.3, -0.25) is 4.79 Å². The van der Waals surface area contributed by atoms with Crippen LogP contribution in [0, 0.1) is 0 Å². The summed E-state index contributed by atoms with van der Waals surface area (Å²) in [5.41, 5.74) is 4.65. The monoisotopic (exact) mass is 556 g/mol. The lowest BCUT2D eigenvalue weighted by molar-refractivity contribution is -0.136. The van der Waals surface area contributed by atoms with Crippen molar-refractivity contribution in [1.29, 1.82) is 0 Å². The number of ether oxygens (including phenoxy) is 3. The van der Waals surface area contributed by atoms with Crippen molar-refractivity contribution in [2.75, 3.05) is 0 Å². The topological polar surface area (TPSA) is 82.8 Å². The van der Waals surface area contributed by atoms with Crippen molar-refractivity contribution in [3.63, 3.8) is 0 Å². The molecule has 0 fully saturated rings. The number of aromatic nitrogens is 2. The highest BCUT2D eigenvalue weighted by Crippen LogP contribution is 2.29. The number of carboxylic acid groups (broad SMARTS) is 1. The van der Waals surface area contributed by atoms with E-state index in [0.717, 1.165) is 39.3 Å². The second-order valence-corrected chi connectivity index (χ2v) is 9.82. The van der Waals surface area contributed by atoms with Crippen molar-refractivity contribution in [2.24, 2.45) is 7.05 Å². The third kappa shape index (κ3) is 6.93. The Kier molecular flexibility index (Phi) is 8.52. The SMILES string of the molecule is Cn1c(COc2ccc(CCC(=O)O)c(OCc3ccc(Cl)cc3)c2)nc2ccc(OCc3ccccc3)cc21. The standard InChI is InChI=1S/C32H29ClN2O5/c1-35-29-17-26(38-19-22-5-3-2-4-6-22)14-15-28(29)34-31(35)21-39-27-13-9-24(10-16-32(36)37)30(18-27)40-20-23-7-11-25(33)12-8-23/h2-9,11-15,17-18H,10,16,19-21H2,1H3,(H,36,37). The van der Waals surface area contributed by atoms with Gasteiger partial charge in [-0.05, 0) is 53.4 Å². The molecule has 0 saturated carbocycles. The van der Waals surface area contributed by atoms with Crippen molar-refractivity contribution in [2.45, 2.75) is 32.7 Å². The first kappa shape index (κ1) is 27.1. The molecule has 0 aliphatic heterocycles. The largest absolute Gasteiger partial charge is 0.489 e. The molecule has 1 N–H and O–H groups in total. The molecule has 40 heavy (non-hydrogen) atoms. The molecule has 0 bridgehead atoms. The molecule has 0 aliphatic carbocycles. The van der Waals surface area contributed by atoms with Crippen LogP contribution >= 0.6 is 11.6 Å². The molecular formula is C32H29ClN2O5. The number of hydrogen-bond donors (Lipinski definition) is 1. The van der Waals surface area contributed by atoms with Crippen LogP contribution in [0.25, 0.3) is 11.0 Å². The third-order valence-corrected chi connectivity index (χ3v) is 6.77. The molecule has 1 heterocycles. The van der Waals surface area contributed by atoms with E-state index in [0.29, 0.717) is 36.2 Å². The Balaban J connectivity index is 1.28. The van der Waals surface area contributed by atoms with Gasteiger partial charge in [0.05, 0.1) is 11.0 Å². The summed E-state index contributed by atoms with van der Waals surface area (Å²) in [4.78, 5) is 15.9. The zero-order valence-corrected chi connectivity index (χ0v) is 22.8. The van der Waals surface area contributed by atoms with Crippen LogP contribution in [-0.4, -0.2) is 20.6 Å². The van der Waals surface area contributed by atoms with Crippen molar-refractivity contribution in [3.05, 3.63) is 119 Å². The van der Waals surface area contributed by atoms with Crippen molar-refractivity contribution >= 4 is 28.6 Å². The van der Waals surface area contributed by atoms with Gasteiger partial charge in [0.1, 0.15) is 42.9 Å². The van der Waals surface area contributed by atoms with Gasteiger partial charge in [0, 0.05) is 30.6 Å². The van der Waals surface area contributed by atoms with E-state index < -0.39 is 5.97 Å². The Labute approximate surface area is 237 Å². The van der Waals surface area contributed by atoms with Gasteiger partial charge >= 0.3 is 5.97 Å². The van der Waals surface area contributed by atoms with Crippen LogP contribution in [0.1, 0.15) is 28.9 Å². The van der Waals surface area contributed by atoms with Crippen LogP contribution in [0.3, 0.4) is 0 Å². The maximum atomic E-state index is 11.2. The first-order valence-corrected chi connectivity index (χ1v) is 13.3. The molecule has 0 saturated heterocycles. The average molecular weight is 557 g/mol. The van der Waals surface area contributed by atoms with Crippen molar-refractivity contribution in [3.8, 4) is 17.2 Å². The van der Waals surface area contributed by atoms with Crippen LogP contribution < -0.4 is 14.2 Å². The average Bonchev–Trinajstić information content (AvgIpc) is 3.29.